The zero-order valence-corrected chi connectivity index (χ0v) is 10.8. The number of carbonyl (C=O) groups excluding carboxylic acids is 1. The van der Waals surface area contributed by atoms with E-state index in [1.54, 1.807) is 19.1 Å². The fourth-order valence-electron chi connectivity index (χ4n) is 1.69. The Balaban J connectivity index is 2.41. The van der Waals surface area contributed by atoms with Gasteiger partial charge in [0.1, 0.15) is 5.82 Å². The Morgan fingerprint density at radius 3 is 2.84 bits per heavy atom. The fraction of sp³-hybridized carbons (Fsp3) is 0.286. The van der Waals surface area contributed by atoms with Crippen molar-refractivity contribution >= 4 is 5.97 Å². The lowest BCUT2D eigenvalue weighted by atomic mass is 10.2. The smallest absolute Gasteiger partial charge is 0.376 e. The van der Waals surface area contributed by atoms with Crippen molar-refractivity contribution in [1.82, 2.24) is 4.98 Å². The number of carbonyl (C=O) groups is 1. The number of ether oxygens (including phenoxy) is 1. The van der Waals surface area contributed by atoms with Crippen molar-refractivity contribution in [2.75, 3.05) is 6.61 Å². The number of aryl methyl sites for hydroxylation is 1. The van der Waals surface area contributed by atoms with E-state index in [2.05, 4.69) is 4.98 Å². The van der Waals surface area contributed by atoms with E-state index in [-0.39, 0.29) is 24.1 Å². The van der Waals surface area contributed by atoms with Gasteiger partial charge in [0, 0.05) is 5.56 Å². The molecule has 0 aliphatic carbocycles. The van der Waals surface area contributed by atoms with Crippen molar-refractivity contribution in [2.24, 2.45) is 0 Å². The van der Waals surface area contributed by atoms with Crippen molar-refractivity contribution in [3.8, 4) is 11.5 Å². The third kappa shape index (κ3) is 2.81. The van der Waals surface area contributed by atoms with Crippen LogP contribution in [0.25, 0.3) is 11.5 Å². The molecule has 1 aromatic heterocycles. The molecular formula is C14H14FNO3. The Hall–Kier alpha value is -2.17. The zero-order valence-electron chi connectivity index (χ0n) is 10.8. The van der Waals surface area contributed by atoms with Gasteiger partial charge in [-0.3, -0.25) is 0 Å². The molecule has 0 unspecified atom stereocenters. The summed E-state index contributed by atoms with van der Waals surface area (Å²) in [6.07, 6.45) is 0.535. The Labute approximate surface area is 110 Å². The summed E-state index contributed by atoms with van der Waals surface area (Å²) in [7, 11) is 0. The van der Waals surface area contributed by atoms with Gasteiger partial charge in [0.2, 0.25) is 11.7 Å². The van der Waals surface area contributed by atoms with E-state index < -0.39 is 5.97 Å². The quantitative estimate of drug-likeness (QED) is 0.795. The molecule has 5 heteroatoms. The molecule has 100 valence electrons. The molecule has 0 saturated heterocycles. The Morgan fingerprint density at radius 2 is 2.21 bits per heavy atom. The molecule has 2 rings (SSSR count). The highest BCUT2D eigenvalue weighted by Gasteiger charge is 2.21. The maximum Gasteiger partial charge on any atom is 0.376 e. The van der Waals surface area contributed by atoms with Crippen LogP contribution in [0.4, 0.5) is 4.39 Å². The normalized spacial score (nSPS) is 10.5. The second-order valence-corrected chi connectivity index (χ2v) is 3.88. The molecule has 0 bridgehead atoms. The zero-order chi connectivity index (χ0) is 13.8. The lowest BCUT2D eigenvalue weighted by molar-refractivity contribution is 0.0489. The average Bonchev–Trinajstić information content (AvgIpc) is 2.83. The van der Waals surface area contributed by atoms with Crippen LogP contribution in [0.5, 0.6) is 0 Å². The number of aromatic nitrogens is 1. The molecule has 0 fully saturated rings. The van der Waals surface area contributed by atoms with Gasteiger partial charge in [-0.25, -0.2) is 14.2 Å². The van der Waals surface area contributed by atoms with Crippen molar-refractivity contribution in [3.05, 3.63) is 41.5 Å². The highest BCUT2D eigenvalue weighted by molar-refractivity contribution is 5.88. The van der Waals surface area contributed by atoms with Crippen molar-refractivity contribution < 1.29 is 18.3 Å². The van der Waals surface area contributed by atoms with Crippen LogP contribution in [0, 0.1) is 5.82 Å². The predicted molar refractivity (Wildman–Crippen MR) is 67.2 cm³/mol. The minimum absolute atomic E-state index is 0.0867. The number of benzene rings is 1. The van der Waals surface area contributed by atoms with Crippen LogP contribution in [-0.4, -0.2) is 17.6 Å². The Bertz CT molecular complexity index is 592. The molecule has 0 aliphatic rings. The molecule has 1 heterocycles. The SMILES string of the molecule is CCOC(=O)c1oc(-c2cccc(F)c2)nc1CC. The summed E-state index contributed by atoms with van der Waals surface area (Å²) in [5.41, 5.74) is 1.00. The van der Waals surface area contributed by atoms with Crippen LogP contribution in [0.1, 0.15) is 30.1 Å². The van der Waals surface area contributed by atoms with Crippen LogP contribution in [0.2, 0.25) is 0 Å². The number of halogens is 1. The number of esters is 1. The van der Waals surface area contributed by atoms with E-state index in [1.165, 1.54) is 12.1 Å². The molecule has 1 aromatic carbocycles. The highest BCUT2D eigenvalue weighted by atomic mass is 19.1. The average molecular weight is 263 g/mol. The fourth-order valence-corrected chi connectivity index (χ4v) is 1.69. The monoisotopic (exact) mass is 263 g/mol. The van der Waals surface area contributed by atoms with E-state index in [1.807, 2.05) is 6.92 Å². The Kier molecular flexibility index (Phi) is 3.94. The molecule has 0 saturated carbocycles. The third-order valence-corrected chi connectivity index (χ3v) is 2.56. The second-order valence-electron chi connectivity index (χ2n) is 3.88. The molecule has 4 nitrogen and oxygen atoms in total. The maximum absolute atomic E-state index is 13.2. The van der Waals surface area contributed by atoms with E-state index in [0.29, 0.717) is 17.7 Å². The van der Waals surface area contributed by atoms with Crippen LogP contribution in [0.15, 0.2) is 28.7 Å². The van der Waals surface area contributed by atoms with Gasteiger partial charge < -0.3 is 9.15 Å². The first-order chi connectivity index (χ1) is 9.15. The van der Waals surface area contributed by atoms with Gasteiger partial charge in [-0.15, -0.1) is 0 Å². The van der Waals surface area contributed by atoms with Gasteiger partial charge in [-0.2, -0.15) is 0 Å². The molecular weight excluding hydrogens is 249 g/mol. The summed E-state index contributed by atoms with van der Waals surface area (Å²) < 4.78 is 23.5. The first kappa shape index (κ1) is 13.3. The maximum atomic E-state index is 13.2. The lowest BCUT2D eigenvalue weighted by Crippen LogP contribution is -2.05. The number of hydrogen-bond acceptors (Lipinski definition) is 4. The first-order valence-electron chi connectivity index (χ1n) is 6.08. The standard InChI is InChI=1S/C14H14FNO3/c1-3-11-12(14(17)18-4-2)19-13(16-11)9-6-5-7-10(15)8-9/h5-8H,3-4H2,1-2H3. The molecule has 0 spiro atoms. The number of oxazole rings is 1. The number of hydrogen-bond donors (Lipinski definition) is 0. The molecule has 0 radical (unpaired) electrons. The van der Waals surface area contributed by atoms with Crippen LogP contribution in [0.3, 0.4) is 0 Å². The first-order valence-corrected chi connectivity index (χ1v) is 6.08. The molecule has 0 atom stereocenters. The topological polar surface area (TPSA) is 52.3 Å². The van der Waals surface area contributed by atoms with Gasteiger partial charge in [-0.05, 0) is 31.5 Å². The van der Waals surface area contributed by atoms with Crippen molar-refractivity contribution in [1.29, 1.82) is 0 Å². The van der Waals surface area contributed by atoms with Gasteiger partial charge >= 0.3 is 5.97 Å². The summed E-state index contributed by atoms with van der Waals surface area (Å²) in [6, 6.07) is 5.87. The second kappa shape index (κ2) is 5.65. The number of rotatable bonds is 4. The minimum Gasteiger partial charge on any atom is -0.460 e. The predicted octanol–water partition coefficient (Wildman–Crippen LogP) is 3.22. The van der Waals surface area contributed by atoms with E-state index >= 15 is 0 Å². The number of nitrogens with zero attached hydrogens (tertiary/aromatic N) is 1. The Morgan fingerprint density at radius 1 is 1.42 bits per heavy atom. The highest BCUT2D eigenvalue weighted by Crippen LogP contribution is 2.23. The summed E-state index contributed by atoms with van der Waals surface area (Å²) in [5.74, 6) is -0.621. The van der Waals surface area contributed by atoms with Gasteiger partial charge in [0.15, 0.2) is 0 Å². The lowest BCUT2D eigenvalue weighted by Gasteiger charge is -1.98. The molecule has 19 heavy (non-hydrogen) atoms. The molecule has 2 aromatic rings. The van der Waals surface area contributed by atoms with Gasteiger partial charge in [0.05, 0.1) is 12.3 Å². The van der Waals surface area contributed by atoms with Crippen molar-refractivity contribution in [3.63, 3.8) is 0 Å². The summed E-state index contributed by atoms with van der Waals surface area (Å²) in [4.78, 5) is 15.9. The largest absolute Gasteiger partial charge is 0.460 e. The summed E-state index contributed by atoms with van der Waals surface area (Å²) in [5, 5.41) is 0. The summed E-state index contributed by atoms with van der Waals surface area (Å²) >= 11 is 0. The van der Waals surface area contributed by atoms with Gasteiger partial charge in [-0.1, -0.05) is 13.0 Å². The van der Waals surface area contributed by atoms with Crippen molar-refractivity contribution in [2.45, 2.75) is 20.3 Å². The van der Waals surface area contributed by atoms with E-state index in [4.69, 9.17) is 9.15 Å². The van der Waals surface area contributed by atoms with Crippen LogP contribution >= 0.6 is 0 Å². The third-order valence-electron chi connectivity index (χ3n) is 2.56. The summed E-state index contributed by atoms with van der Waals surface area (Å²) in [6.45, 7) is 3.83. The minimum atomic E-state index is -0.547. The van der Waals surface area contributed by atoms with Crippen LogP contribution in [-0.2, 0) is 11.2 Å². The van der Waals surface area contributed by atoms with E-state index in [9.17, 15) is 9.18 Å². The molecule has 0 aliphatic heterocycles. The molecule has 0 amide bonds. The van der Waals surface area contributed by atoms with E-state index in [0.717, 1.165) is 0 Å². The van der Waals surface area contributed by atoms with Gasteiger partial charge in [0.25, 0.3) is 0 Å². The van der Waals surface area contributed by atoms with Crippen LogP contribution < -0.4 is 0 Å². The molecule has 0 N–H and O–H groups in total.